The van der Waals surface area contributed by atoms with Crippen LogP contribution in [0.2, 0.25) is 0 Å². The van der Waals surface area contributed by atoms with Crippen molar-refractivity contribution in [3.8, 4) is 23.9 Å². The molecule has 0 amide bonds. The van der Waals surface area contributed by atoms with Gasteiger partial charge in [-0.25, -0.2) is 21.0 Å². The summed E-state index contributed by atoms with van der Waals surface area (Å²) >= 11 is 0. The Balaban J connectivity index is -0.000000508. The van der Waals surface area contributed by atoms with Gasteiger partial charge in [-0.1, -0.05) is 107 Å². The Morgan fingerprint density at radius 2 is 0.320 bits per heavy atom. The molecule has 8 heterocycles. The van der Waals surface area contributed by atoms with E-state index in [1.54, 1.807) is 0 Å². The molecule has 0 N–H and O–H groups in total. The number of hydrogen-bond acceptors (Lipinski definition) is 12. The predicted molar refractivity (Wildman–Crippen MR) is 370 cm³/mol. The number of unbranched alkanes of at least 4 members (excludes halogenated alkanes) is 8. The van der Waals surface area contributed by atoms with Crippen LogP contribution in [0.25, 0.3) is 0 Å². The Hall–Kier alpha value is -8.42. The van der Waals surface area contributed by atoms with Crippen LogP contribution < -0.4 is 77.6 Å². The molecule has 0 fully saturated rings. The number of aromatic nitrogens is 16. The van der Waals surface area contributed by atoms with E-state index < -0.39 is 28.5 Å². The van der Waals surface area contributed by atoms with Crippen molar-refractivity contribution in [3.05, 3.63) is 148 Å². The third-order valence-electron chi connectivity index (χ3n) is 14.1. The minimum absolute atomic E-state index is 0.917. The van der Waals surface area contributed by atoms with Crippen LogP contribution in [-0.2, 0) is 109 Å². The fraction of sp³-hybridized carbons (Fsp3) is 0.588. The van der Waals surface area contributed by atoms with Crippen molar-refractivity contribution in [1.29, 1.82) is 21.0 Å². The molecule has 0 aromatic carbocycles. The quantitative estimate of drug-likeness (QED) is 0.0466. The fourth-order valence-electron chi connectivity index (χ4n) is 8.04. The lowest BCUT2D eigenvalue weighted by Crippen LogP contribution is -2.43. The van der Waals surface area contributed by atoms with Crippen LogP contribution >= 0.6 is 0 Å². The van der Waals surface area contributed by atoms with Gasteiger partial charge in [0.15, 0.2) is 106 Å². The van der Waals surface area contributed by atoms with Crippen LogP contribution in [0, 0.1) is 44.9 Å². The van der Waals surface area contributed by atoms with E-state index in [1.165, 1.54) is 103 Å². The molecule has 0 unspecified atom stereocenters. The predicted octanol–water partition coefficient (Wildman–Crippen LogP) is -2.07. The molecule has 0 aliphatic rings. The van der Waals surface area contributed by atoms with Crippen molar-refractivity contribution >= 4 is 28.5 Å². The van der Waals surface area contributed by atoms with E-state index >= 15 is 0 Å². The zero-order valence-corrected chi connectivity index (χ0v) is 63.3. The summed E-state index contributed by atoms with van der Waals surface area (Å²) in [6.45, 7) is 26.8. The SMILES string of the molecule is CCCCn1ccc[n+]1C.CCCCn1ccc[n+]1C.CCCCn1ccc[n+]1C.CCCCn1ccc[n+]1C.CCCCn1ccc[n+]1C.CCCCn1ccc[n+]1C.CCCCn1ccc[n+]1C.CCCCn1ccc[n+]1C.N#CB([O-])[O-].N#CB([O-])[O-].N#CB([O-])[O-].N#CB([O-])[O-]. The number of rotatable bonds is 24. The largest absolute Gasteiger partial charge is 0.881 e. The molecule has 8 rings (SSSR count). The first-order valence-electron chi connectivity index (χ1n) is 34.8. The first-order valence-corrected chi connectivity index (χ1v) is 34.8. The molecule has 28 nitrogen and oxygen atoms in total. The Labute approximate surface area is 600 Å². The van der Waals surface area contributed by atoms with Gasteiger partial charge in [-0.2, -0.15) is 37.5 Å². The molecule has 32 heteroatoms. The van der Waals surface area contributed by atoms with Crippen LogP contribution in [0.5, 0.6) is 0 Å². The van der Waals surface area contributed by atoms with Gasteiger partial charge in [-0.15, -0.1) is 37.5 Å². The molecule has 100 heavy (non-hydrogen) atoms. The average molecular weight is 1390 g/mol. The van der Waals surface area contributed by atoms with Crippen LogP contribution in [-0.4, -0.2) is 65.9 Å². The molecule has 0 bridgehead atoms. The van der Waals surface area contributed by atoms with Gasteiger partial charge in [0.25, 0.3) is 0 Å². The van der Waals surface area contributed by atoms with Gasteiger partial charge in [-0.3, -0.25) is 0 Å². The van der Waals surface area contributed by atoms with Gasteiger partial charge < -0.3 is 40.2 Å². The molecule has 0 spiro atoms. The maximum atomic E-state index is 8.98. The van der Waals surface area contributed by atoms with E-state index in [2.05, 4.69) is 334 Å². The lowest BCUT2D eigenvalue weighted by atomic mass is 9.97. The highest BCUT2D eigenvalue weighted by atomic mass is 16.4. The molecule has 8 aromatic heterocycles. The second-order valence-electron chi connectivity index (χ2n) is 22.5. The number of nitriles is 4. The first-order chi connectivity index (χ1) is 47.8. The maximum absolute atomic E-state index is 8.98. The lowest BCUT2D eigenvalue weighted by molar-refractivity contribution is -0.753. The molecule has 0 aliphatic heterocycles. The number of aryl methyl sites for hydroxylation is 16. The Bertz CT molecular complexity index is 2670. The summed E-state index contributed by atoms with van der Waals surface area (Å²) in [4.78, 5) is 0. The van der Waals surface area contributed by atoms with Gasteiger partial charge in [0, 0.05) is 77.0 Å². The molecule has 0 saturated carbocycles. The minimum Gasteiger partial charge on any atom is -0.881 e. The van der Waals surface area contributed by atoms with E-state index in [0.717, 1.165) is 76.2 Å². The summed E-state index contributed by atoms with van der Waals surface area (Å²) in [6.07, 6.45) is 53.6. The summed E-state index contributed by atoms with van der Waals surface area (Å²) in [7, 11) is 7.28. The van der Waals surface area contributed by atoms with Crippen LogP contribution in [0.3, 0.4) is 0 Å². The molecule has 0 atom stereocenters. The van der Waals surface area contributed by atoms with Crippen molar-refractivity contribution in [2.45, 2.75) is 210 Å². The van der Waals surface area contributed by atoms with Crippen LogP contribution in [0.1, 0.15) is 158 Å². The zero-order valence-electron chi connectivity index (χ0n) is 63.3. The molecule has 0 saturated heterocycles. The first kappa shape index (κ1) is 98.0. The summed E-state index contributed by atoms with van der Waals surface area (Å²) in [5, 5.41) is 101. The van der Waals surface area contributed by atoms with E-state index in [4.69, 9.17) is 61.2 Å². The second-order valence-corrected chi connectivity index (χ2v) is 22.5. The van der Waals surface area contributed by atoms with Crippen LogP contribution in [0.15, 0.2) is 148 Å². The summed E-state index contributed by atoms with van der Waals surface area (Å²) in [5.41, 5.74) is 0. The monoisotopic (exact) mass is 1390 g/mol. The number of hydrogen-bond donors (Lipinski definition) is 0. The highest BCUT2D eigenvalue weighted by Gasteiger charge is 2.04. The van der Waals surface area contributed by atoms with Gasteiger partial charge >= 0.3 is 0 Å². The molecular weight excluding hydrogens is 1270 g/mol. The smallest absolute Gasteiger partial charge is 0.195 e. The lowest BCUT2D eigenvalue weighted by Gasteiger charge is -2.12. The Morgan fingerprint density at radius 3 is 0.370 bits per heavy atom. The summed E-state index contributed by atoms with van der Waals surface area (Å²) in [6, 6.07) is 16.5. The second kappa shape index (κ2) is 67.7. The molecular formula is C68H120B4N20O8. The highest BCUT2D eigenvalue weighted by Crippen LogP contribution is 1.96. The van der Waals surface area contributed by atoms with Gasteiger partial charge in [0.05, 0.1) is 102 Å². The summed E-state index contributed by atoms with van der Waals surface area (Å²) in [5.74, 6) is 3.67. The third-order valence-corrected chi connectivity index (χ3v) is 14.1. The highest BCUT2D eigenvalue weighted by molar-refractivity contribution is 6.47. The van der Waals surface area contributed by atoms with E-state index in [0.29, 0.717) is 0 Å². The molecule has 8 aromatic rings. The topological polar surface area (TPSA) is 350 Å². The zero-order chi connectivity index (χ0) is 76.3. The molecule has 0 radical (unpaired) electrons. The van der Waals surface area contributed by atoms with Gasteiger partial charge in [0.1, 0.15) is 0 Å². The van der Waals surface area contributed by atoms with Gasteiger partial charge in [-0.05, 0) is 75.2 Å². The van der Waals surface area contributed by atoms with E-state index in [9.17, 15) is 0 Å². The van der Waals surface area contributed by atoms with E-state index in [1.807, 2.05) is 0 Å². The molecule has 0 aliphatic carbocycles. The minimum atomic E-state index is -2.31. The van der Waals surface area contributed by atoms with Crippen LogP contribution in [0.4, 0.5) is 0 Å². The van der Waals surface area contributed by atoms with Crippen molar-refractivity contribution in [1.82, 2.24) is 37.5 Å². The molecule has 552 valence electrons. The summed E-state index contributed by atoms with van der Waals surface area (Å²) < 4.78 is 34.5. The van der Waals surface area contributed by atoms with Crippen molar-refractivity contribution in [2.24, 2.45) is 56.4 Å². The third kappa shape index (κ3) is 56.5. The van der Waals surface area contributed by atoms with Gasteiger partial charge in [0.2, 0.25) is 0 Å². The Morgan fingerprint density at radius 1 is 0.230 bits per heavy atom. The number of nitrogens with zero attached hydrogens (tertiary/aromatic N) is 20. The Kier molecular flexibility index (Phi) is 66.4. The van der Waals surface area contributed by atoms with Crippen molar-refractivity contribution in [3.63, 3.8) is 0 Å². The van der Waals surface area contributed by atoms with Crippen molar-refractivity contribution < 1.29 is 77.6 Å². The standard InChI is InChI=1S/8C8H15N2.4CBNO2/c8*1-3-4-7-10-8-5-6-9(10)2;4*3-1-2(4)5/h8*5-6,8H,3-4,7H2,1-2H3;;;;/q8*+1;4*-2. The fourth-order valence-corrected chi connectivity index (χ4v) is 8.04. The average Bonchev–Trinajstić information content (AvgIpc) is 2.02. The maximum Gasteiger partial charge on any atom is 0.195 e. The van der Waals surface area contributed by atoms with E-state index in [-0.39, 0.29) is 0 Å². The normalized spacial score (nSPS) is 9.32. The van der Waals surface area contributed by atoms with Crippen molar-refractivity contribution in [2.75, 3.05) is 0 Å².